The van der Waals surface area contributed by atoms with Crippen molar-refractivity contribution < 1.29 is 19.3 Å². The van der Waals surface area contributed by atoms with Gasteiger partial charge in [-0.05, 0) is 52.3 Å². The monoisotopic (exact) mass is 399 g/mol. The van der Waals surface area contributed by atoms with Crippen LogP contribution in [0.3, 0.4) is 0 Å². The highest BCUT2D eigenvalue weighted by Gasteiger charge is 2.28. The molecule has 26 heavy (non-hydrogen) atoms. The average molecular weight is 400 g/mol. The van der Waals surface area contributed by atoms with Gasteiger partial charge in [-0.1, -0.05) is 23.2 Å². The number of Topliss-reactive ketones (excluding diaryl/α,β-unsaturated/α-hetero) is 2. The van der Waals surface area contributed by atoms with Crippen LogP contribution < -0.4 is 5.32 Å². The number of nitrogens with one attached hydrogen (secondary N) is 1. The molecular formula is C19H22Cl2FN2O2+. The van der Waals surface area contributed by atoms with Crippen LogP contribution in [-0.2, 0) is 0 Å². The van der Waals surface area contributed by atoms with E-state index in [-0.39, 0.29) is 22.6 Å². The molecule has 0 unspecified atom stereocenters. The minimum Gasteiger partial charge on any atom is -0.355 e. The van der Waals surface area contributed by atoms with Gasteiger partial charge in [0.05, 0.1) is 15.7 Å². The number of benzene rings is 1. The van der Waals surface area contributed by atoms with Gasteiger partial charge in [-0.2, -0.15) is 0 Å². The summed E-state index contributed by atoms with van der Waals surface area (Å²) >= 11 is 11.9. The Balaban J connectivity index is 2.24. The third-order valence-electron chi connectivity index (χ3n) is 4.56. The van der Waals surface area contributed by atoms with Gasteiger partial charge in [0, 0.05) is 16.8 Å². The number of hydrogen-bond donors (Lipinski definition) is 2. The van der Waals surface area contributed by atoms with E-state index in [0.717, 1.165) is 0 Å². The number of nitrogens with two attached hydrogens (primary N) is 1. The molecule has 1 aromatic carbocycles. The van der Waals surface area contributed by atoms with Gasteiger partial charge in [0.2, 0.25) is 5.78 Å². The molecule has 4 nitrogen and oxygen atoms in total. The lowest BCUT2D eigenvalue weighted by atomic mass is 10.0. The van der Waals surface area contributed by atoms with Crippen molar-refractivity contribution in [1.29, 1.82) is 0 Å². The van der Waals surface area contributed by atoms with Crippen molar-refractivity contribution >= 4 is 34.8 Å². The van der Waals surface area contributed by atoms with Gasteiger partial charge in [-0.15, -0.1) is 0 Å². The lowest BCUT2D eigenvalue weighted by molar-refractivity contribution is -0.709. The van der Waals surface area contributed by atoms with Gasteiger partial charge in [-0.25, -0.2) is 4.39 Å². The molecule has 7 heteroatoms. The van der Waals surface area contributed by atoms with Gasteiger partial charge in [0.1, 0.15) is 17.9 Å². The molecule has 2 aromatic rings. The number of rotatable bonds is 6. The number of ketones is 2. The third-order valence-corrected chi connectivity index (χ3v) is 5.17. The lowest BCUT2D eigenvalue weighted by Crippen LogP contribution is -2.91. The van der Waals surface area contributed by atoms with Crippen molar-refractivity contribution in [2.75, 3.05) is 0 Å². The highest BCUT2D eigenvalue weighted by Crippen LogP contribution is 2.27. The zero-order valence-corrected chi connectivity index (χ0v) is 16.8. The van der Waals surface area contributed by atoms with Crippen molar-refractivity contribution in [3.63, 3.8) is 0 Å². The summed E-state index contributed by atoms with van der Waals surface area (Å²) in [6.07, 6.45) is 0. The molecule has 0 aliphatic heterocycles. The minimum absolute atomic E-state index is 0.0377. The summed E-state index contributed by atoms with van der Waals surface area (Å²) < 4.78 is 13.7. The molecule has 140 valence electrons. The summed E-state index contributed by atoms with van der Waals surface area (Å²) in [6.45, 7) is 8.61. The second-order valence-corrected chi connectivity index (χ2v) is 7.42. The zero-order valence-electron chi connectivity index (χ0n) is 15.3. The van der Waals surface area contributed by atoms with E-state index >= 15 is 0 Å². The fourth-order valence-corrected chi connectivity index (χ4v) is 3.82. The van der Waals surface area contributed by atoms with E-state index in [1.165, 1.54) is 19.1 Å². The first kappa shape index (κ1) is 20.6. The Labute approximate surface area is 162 Å². The quantitative estimate of drug-likeness (QED) is 0.565. The molecule has 0 aliphatic carbocycles. The summed E-state index contributed by atoms with van der Waals surface area (Å²) in [4.78, 5) is 27.6. The molecule has 0 fully saturated rings. The maximum Gasteiger partial charge on any atom is 0.235 e. The Morgan fingerprint density at radius 2 is 1.77 bits per heavy atom. The van der Waals surface area contributed by atoms with E-state index in [1.54, 1.807) is 26.1 Å². The number of carbonyl (C=O) groups excluding carboxylic acids is 2. The third kappa shape index (κ3) is 4.00. The smallest absolute Gasteiger partial charge is 0.235 e. The Kier molecular flexibility index (Phi) is 6.27. The van der Waals surface area contributed by atoms with E-state index in [0.29, 0.717) is 33.1 Å². The molecule has 0 bridgehead atoms. The summed E-state index contributed by atoms with van der Waals surface area (Å²) in [5.41, 5.74) is 2.88. The second kappa shape index (κ2) is 7.91. The predicted octanol–water partition coefficient (Wildman–Crippen LogP) is 4.18. The average Bonchev–Trinajstić information content (AvgIpc) is 2.84. The number of H-pyrrole nitrogens is 1. The van der Waals surface area contributed by atoms with Crippen LogP contribution in [0.4, 0.5) is 4.39 Å². The predicted molar refractivity (Wildman–Crippen MR) is 101 cm³/mol. The molecule has 2 rings (SSSR count). The van der Waals surface area contributed by atoms with Crippen molar-refractivity contribution in [2.45, 2.75) is 46.7 Å². The minimum atomic E-state index is -0.549. The van der Waals surface area contributed by atoms with Crippen LogP contribution in [0.2, 0.25) is 10.0 Å². The van der Waals surface area contributed by atoms with E-state index < -0.39 is 11.9 Å². The van der Waals surface area contributed by atoms with Crippen molar-refractivity contribution in [2.24, 2.45) is 0 Å². The van der Waals surface area contributed by atoms with Crippen molar-refractivity contribution in [3.05, 3.63) is 56.1 Å². The normalized spacial score (nSPS) is 13.5. The Morgan fingerprint density at radius 1 is 1.15 bits per heavy atom. The molecule has 0 saturated carbocycles. The highest BCUT2D eigenvalue weighted by atomic mass is 35.5. The number of carbonyl (C=O) groups is 2. The standard InChI is InChI=1S/C19H21Cl2FN2O2/c1-8-17(12(5)25)10(3)24-18(8)19(26)11(4)23-9(2)13-6-16(22)15(21)7-14(13)20/h6-7,9,11,23-24H,1-5H3/p+1/t9-,11+/m1/s1. The maximum absolute atomic E-state index is 13.7. The van der Waals surface area contributed by atoms with Crippen LogP contribution in [0, 0.1) is 19.7 Å². The van der Waals surface area contributed by atoms with Crippen LogP contribution in [0.25, 0.3) is 0 Å². The number of quaternary nitrogens is 1. The van der Waals surface area contributed by atoms with Crippen LogP contribution in [-0.4, -0.2) is 22.6 Å². The first-order chi connectivity index (χ1) is 12.0. The number of aryl methyl sites for hydroxylation is 1. The Morgan fingerprint density at radius 3 is 2.31 bits per heavy atom. The van der Waals surface area contributed by atoms with Gasteiger partial charge < -0.3 is 10.3 Å². The van der Waals surface area contributed by atoms with Crippen LogP contribution in [0.15, 0.2) is 12.1 Å². The molecular weight excluding hydrogens is 378 g/mol. The molecule has 0 radical (unpaired) electrons. The zero-order chi connectivity index (χ0) is 19.8. The molecule has 1 aromatic heterocycles. The number of aromatic amines is 1. The molecule has 0 spiro atoms. The summed E-state index contributed by atoms with van der Waals surface area (Å²) in [5, 5.41) is 2.12. The summed E-state index contributed by atoms with van der Waals surface area (Å²) in [5.74, 6) is -0.758. The Bertz CT molecular complexity index is 877. The van der Waals surface area contributed by atoms with Crippen molar-refractivity contribution in [3.8, 4) is 0 Å². The largest absolute Gasteiger partial charge is 0.355 e. The van der Waals surface area contributed by atoms with Crippen LogP contribution in [0.5, 0.6) is 0 Å². The van der Waals surface area contributed by atoms with Gasteiger partial charge in [0.15, 0.2) is 5.78 Å². The number of aromatic nitrogens is 1. The first-order valence-corrected chi connectivity index (χ1v) is 9.03. The second-order valence-electron chi connectivity index (χ2n) is 6.60. The molecule has 0 aliphatic rings. The van der Waals surface area contributed by atoms with Crippen molar-refractivity contribution in [1.82, 2.24) is 4.98 Å². The van der Waals surface area contributed by atoms with E-state index in [1.807, 2.05) is 6.92 Å². The molecule has 3 N–H and O–H groups in total. The summed E-state index contributed by atoms with van der Waals surface area (Å²) in [6, 6.07) is 1.96. The number of hydrogen-bond acceptors (Lipinski definition) is 2. The van der Waals surface area contributed by atoms with Gasteiger partial charge in [0.25, 0.3) is 0 Å². The fraction of sp³-hybridized carbons (Fsp3) is 0.368. The molecule has 1 heterocycles. The molecule has 2 atom stereocenters. The van der Waals surface area contributed by atoms with E-state index in [4.69, 9.17) is 23.2 Å². The van der Waals surface area contributed by atoms with Gasteiger partial charge >= 0.3 is 0 Å². The lowest BCUT2D eigenvalue weighted by Gasteiger charge is -2.17. The van der Waals surface area contributed by atoms with E-state index in [2.05, 4.69) is 4.98 Å². The van der Waals surface area contributed by atoms with Gasteiger partial charge in [-0.3, -0.25) is 9.59 Å². The Hall–Kier alpha value is -1.69. The topological polar surface area (TPSA) is 66.5 Å². The van der Waals surface area contributed by atoms with Crippen LogP contribution in [0.1, 0.15) is 64.5 Å². The molecule has 0 amide bonds. The maximum atomic E-state index is 13.7. The number of halogens is 3. The molecule has 0 saturated heterocycles. The fourth-order valence-electron chi connectivity index (χ4n) is 3.26. The van der Waals surface area contributed by atoms with E-state index in [9.17, 15) is 14.0 Å². The van der Waals surface area contributed by atoms with Crippen LogP contribution >= 0.6 is 23.2 Å². The highest BCUT2D eigenvalue weighted by molar-refractivity contribution is 6.35. The SMILES string of the molecule is CC(=O)c1c(C)[nH]c(C(=O)[C@H](C)[NH2+][C@H](C)c2cc(F)c(Cl)cc2Cl)c1C. The summed E-state index contributed by atoms with van der Waals surface area (Å²) in [7, 11) is 0. The first-order valence-electron chi connectivity index (χ1n) is 8.28.